The van der Waals surface area contributed by atoms with Gasteiger partial charge >= 0.3 is 12.2 Å². The number of carbonyl (C=O) groups is 4. The molecule has 290 valence electrons. The predicted octanol–water partition coefficient (Wildman–Crippen LogP) is 6.32. The standard InChI is InChI=1S/C39H47N9O6S/c1-20(2)31(45-38(51)53-5)36(49)47-15-7-9-29(47)33-40-24-13-11-22(17-26(24)42-33)28-19-55-35(44-28)23-12-14-25-27(18-23)43-34(41-25)30-10-8-16-48(30)37(50)32(21(3)4)46-39(52)54-6/h11-14,17-21,29-32H,7-10,15-16H2,1-6H3,(H,40,42)(H,41,43)(H,45,51)(H,46,52). The van der Waals surface area contributed by atoms with Crippen LogP contribution in [-0.2, 0) is 19.1 Å². The van der Waals surface area contributed by atoms with E-state index < -0.39 is 24.3 Å². The summed E-state index contributed by atoms with van der Waals surface area (Å²) >= 11 is 1.55. The zero-order chi connectivity index (χ0) is 39.0. The topological polar surface area (TPSA) is 188 Å². The lowest BCUT2D eigenvalue weighted by molar-refractivity contribution is -0.136. The molecular weight excluding hydrogens is 723 g/mol. The normalized spacial score (nSPS) is 18.3. The first kappa shape index (κ1) is 37.8. The fourth-order valence-electron chi connectivity index (χ4n) is 7.59. The van der Waals surface area contributed by atoms with E-state index in [2.05, 4.69) is 20.6 Å². The van der Waals surface area contributed by atoms with Crippen LogP contribution in [0.1, 0.15) is 77.1 Å². The van der Waals surface area contributed by atoms with Gasteiger partial charge in [-0.25, -0.2) is 24.5 Å². The molecule has 16 heteroatoms. The number of aromatic amines is 2. The molecule has 0 bridgehead atoms. The number of ether oxygens (including phenoxy) is 2. The van der Waals surface area contributed by atoms with Crippen LogP contribution in [0.15, 0.2) is 41.8 Å². The first-order chi connectivity index (χ1) is 26.4. The molecule has 2 fully saturated rings. The Morgan fingerprint density at radius 3 is 1.67 bits per heavy atom. The number of amides is 4. The SMILES string of the molecule is COC(=O)NC(C(=O)N1CCCC1c1nc2ccc(-c3csc(-c4ccc5nc(C6CCCN6C(=O)C(NC(=O)OC)C(C)C)[nH]c5c4)n3)cc2[nH]1)C(C)C. The van der Waals surface area contributed by atoms with Crippen LogP contribution in [0.4, 0.5) is 9.59 Å². The van der Waals surface area contributed by atoms with Crippen molar-refractivity contribution in [1.82, 2.24) is 45.4 Å². The van der Waals surface area contributed by atoms with Crippen LogP contribution in [0, 0.1) is 11.8 Å². The number of benzene rings is 2. The third kappa shape index (κ3) is 7.59. The Morgan fingerprint density at radius 1 is 0.727 bits per heavy atom. The number of alkyl carbamates (subject to hydrolysis) is 2. The van der Waals surface area contributed by atoms with Crippen molar-refractivity contribution in [2.24, 2.45) is 11.8 Å². The summed E-state index contributed by atoms with van der Waals surface area (Å²) in [6, 6.07) is 10.1. The summed E-state index contributed by atoms with van der Waals surface area (Å²) in [5, 5.41) is 8.28. The van der Waals surface area contributed by atoms with E-state index in [1.807, 2.05) is 79.3 Å². The number of nitrogens with one attached hydrogen (secondary N) is 4. The zero-order valence-electron chi connectivity index (χ0n) is 31.8. The number of H-pyrrole nitrogens is 2. The van der Waals surface area contributed by atoms with Crippen molar-refractivity contribution in [1.29, 1.82) is 0 Å². The van der Waals surface area contributed by atoms with Crippen molar-refractivity contribution >= 4 is 57.4 Å². The Kier molecular flexibility index (Phi) is 10.8. The van der Waals surface area contributed by atoms with Crippen LogP contribution >= 0.6 is 11.3 Å². The molecule has 0 radical (unpaired) electrons. The molecule has 4 N–H and O–H groups in total. The highest BCUT2D eigenvalue weighted by Crippen LogP contribution is 2.36. The number of hydrogen-bond acceptors (Lipinski definition) is 10. The Bertz CT molecular complexity index is 2070. The number of aromatic nitrogens is 5. The van der Waals surface area contributed by atoms with E-state index in [0.717, 1.165) is 69.6 Å². The lowest BCUT2D eigenvalue weighted by Gasteiger charge is -2.29. The summed E-state index contributed by atoms with van der Waals surface area (Å²) in [5.41, 5.74) is 6.00. The smallest absolute Gasteiger partial charge is 0.407 e. The number of likely N-dealkylation sites (tertiary alicyclic amines) is 2. The van der Waals surface area contributed by atoms with Crippen molar-refractivity contribution in [3.8, 4) is 21.8 Å². The summed E-state index contributed by atoms with van der Waals surface area (Å²) in [7, 11) is 2.57. The van der Waals surface area contributed by atoms with Crippen LogP contribution in [0.5, 0.6) is 0 Å². The predicted molar refractivity (Wildman–Crippen MR) is 208 cm³/mol. The monoisotopic (exact) mass is 769 g/mol. The first-order valence-electron chi connectivity index (χ1n) is 18.7. The molecule has 2 saturated heterocycles. The van der Waals surface area contributed by atoms with E-state index in [4.69, 9.17) is 24.4 Å². The van der Waals surface area contributed by atoms with Gasteiger partial charge in [-0.15, -0.1) is 11.3 Å². The lowest BCUT2D eigenvalue weighted by Crippen LogP contribution is -2.51. The summed E-state index contributed by atoms with van der Waals surface area (Å²) in [6.45, 7) is 8.76. The molecule has 4 unspecified atom stereocenters. The molecule has 3 aromatic heterocycles. The van der Waals surface area contributed by atoms with Gasteiger partial charge in [-0.1, -0.05) is 33.8 Å². The lowest BCUT2D eigenvalue weighted by atomic mass is 10.0. The number of methoxy groups -OCH3 is 2. The molecule has 0 saturated carbocycles. The van der Waals surface area contributed by atoms with Gasteiger partial charge in [-0.3, -0.25) is 9.59 Å². The maximum absolute atomic E-state index is 13.6. The second-order valence-electron chi connectivity index (χ2n) is 14.8. The van der Waals surface area contributed by atoms with Crippen molar-refractivity contribution in [2.45, 2.75) is 77.5 Å². The Hall–Kier alpha value is -5.51. The van der Waals surface area contributed by atoms with E-state index >= 15 is 0 Å². The van der Waals surface area contributed by atoms with Crippen molar-refractivity contribution in [2.75, 3.05) is 27.3 Å². The highest BCUT2D eigenvalue weighted by Gasteiger charge is 2.39. The van der Waals surface area contributed by atoms with E-state index in [-0.39, 0.29) is 35.7 Å². The fraction of sp³-hybridized carbons (Fsp3) is 0.462. The molecule has 5 aromatic rings. The maximum atomic E-state index is 13.6. The number of thiazole rings is 1. The van der Waals surface area contributed by atoms with Crippen LogP contribution < -0.4 is 10.6 Å². The maximum Gasteiger partial charge on any atom is 0.407 e. The third-order valence-electron chi connectivity index (χ3n) is 10.5. The van der Waals surface area contributed by atoms with Gasteiger partial charge in [0.25, 0.3) is 0 Å². The molecule has 2 aliphatic rings. The summed E-state index contributed by atoms with van der Waals surface area (Å²) in [5.74, 6) is 0.902. The summed E-state index contributed by atoms with van der Waals surface area (Å²) < 4.78 is 9.53. The number of hydrogen-bond donors (Lipinski definition) is 4. The average molecular weight is 770 g/mol. The van der Waals surface area contributed by atoms with Gasteiger partial charge in [-0.2, -0.15) is 0 Å². The molecule has 7 rings (SSSR count). The van der Waals surface area contributed by atoms with Gasteiger partial charge in [0, 0.05) is 29.6 Å². The summed E-state index contributed by atoms with van der Waals surface area (Å²) in [6.07, 6.45) is 1.95. The highest BCUT2D eigenvalue weighted by atomic mass is 32.1. The largest absolute Gasteiger partial charge is 0.453 e. The van der Waals surface area contributed by atoms with E-state index in [9.17, 15) is 19.2 Å². The average Bonchev–Trinajstić information content (AvgIpc) is 4.02. The molecular formula is C39H47N9O6S. The second kappa shape index (κ2) is 15.7. The van der Waals surface area contributed by atoms with Crippen LogP contribution in [0.2, 0.25) is 0 Å². The molecule has 4 atom stereocenters. The Balaban J connectivity index is 1.08. The number of nitrogens with zero attached hydrogens (tertiary/aromatic N) is 5. The quantitative estimate of drug-likeness (QED) is 0.126. The first-order valence-corrected chi connectivity index (χ1v) is 19.6. The van der Waals surface area contributed by atoms with Crippen LogP contribution in [0.25, 0.3) is 43.9 Å². The van der Waals surface area contributed by atoms with Gasteiger partial charge in [0.1, 0.15) is 28.7 Å². The Labute approximate surface area is 322 Å². The minimum Gasteiger partial charge on any atom is -0.453 e. The Morgan fingerprint density at radius 2 is 1.20 bits per heavy atom. The minimum absolute atomic E-state index is 0.116. The second-order valence-corrected chi connectivity index (χ2v) is 15.7. The van der Waals surface area contributed by atoms with Gasteiger partial charge < -0.3 is 39.9 Å². The molecule has 2 aromatic carbocycles. The van der Waals surface area contributed by atoms with E-state index in [1.54, 1.807) is 11.3 Å². The van der Waals surface area contributed by atoms with Crippen LogP contribution in [0.3, 0.4) is 0 Å². The van der Waals surface area contributed by atoms with Crippen molar-refractivity contribution < 1.29 is 28.7 Å². The molecule has 4 amide bonds. The number of fused-ring (bicyclic) bond motifs is 2. The third-order valence-corrected chi connectivity index (χ3v) is 11.4. The van der Waals surface area contributed by atoms with Gasteiger partial charge in [0.15, 0.2) is 0 Å². The van der Waals surface area contributed by atoms with Crippen molar-refractivity contribution in [3.05, 3.63) is 53.4 Å². The van der Waals surface area contributed by atoms with E-state index in [1.165, 1.54) is 14.2 Å². The summed E-state index contributed by atoms with van der Waals surface area (Å²) in [4.78, 5) is 76.5. The van der Waals surface area contributed by atoms with E-state index in [0.29, 0.717) is 24.7 Å². The van der Waals surface area contributed by atoms with Gasteiger partial charge in [0.05, 0.1) is 54.1 Å². The van der Waals surface area contributed by atoms with Crippen molar-refractivity contribution in [3.63, 3.8) is 0 Å². The molecule has 0 aliphatic carbocycles. The number of rotatable bonds is 10. The number of imidazole rings is 2. The molecule has 15 nitrogen and oxygen atoms in total. The van der Waals surface area contributed by atoms with Gasteiger partial charge in [-0.05, 0) is 67.9 Å². The number of carbonyl (C=O) groups excluding carboxylic acids is 4. The minimum atomic E-state index is -0.701. The van der Waals surface area contributed by atoms with Gasteiger partial charge in [0.2, 0.25) is 11.8 Å². The van der Waals surface area contributed by atoms with Crippen LogP contribution in [-0.4, -0.2) is 98.1 Å². The highest BCUT2D eigenvalue weighted by molar-refractivity contribution is 7.13. The zero-order valence-corrected chi connectivity index (χ0v) is 32.7. The molecule has 5 heterocycles. The molecule has 0 spiro atoms. The molecule has 2 aliphatic heterocycles. The fourth-order valence-corrected chi connectivity index (χ4v) is 8.42. The molecule has 55 heavy (non-hydrogen) atoms.